The number of aryl methyl sites for hydroxylation is 2. The van der Waals surface area contributed by atoms with Crippen molar-refractivity contribution in [3.05, 3.63) is 47.0 Å². The van der Waals surface area contributed by atoms with Gasteiger partial charge in [-0.25, -0.2) is 0 Å². The zero-order valence-corrected chi connectivity index (χ0v) is 10.3. The Bertz CT molecular complexity index is 571. The first-order valence-corrected chi connectivity index (χ1v) is 5.60. The summed E-state index contributed by atoms with van der Waals surface area (Å²) < 4.78 is 0. The van der Waals surface area contributed by atoms with Gasteiger partial charge in [0.05, 0.1) is 0 Å². The molecule has 2 nitrogen and oxygen atoms in total. The van der Waals surface area contributed by atoms with Gasteiger partial charge in [-0.05, 0) is 49.1 Å². The van der Waals surface area contributed by atoms with Crippen LogP contribution < -0.4 is 0 Å². The third kappa shape index (κ3) is 1.98. The molecule has 0 atom stereocenters. The first-order valence-electron chi connectivity index (χ1n) is 5.60. The predicted octanol–water partition coefficient (Wildman–Crippen LogP) is 3.69. The molecule has 0 amide bonds. The van der Waals surface area contributed by atoms with Crippen molar-refractivity contribution >= 4 is 0 Å². The molecule has 0 aromatic heterocycles. The molecule has 0 bridgehead atoms. The van der Waals surface area contributed by atoms with E-state index in [1.54, 1.807) is 6.07 Å². The van der Waals surface area contributed by atoms with Crippen LogP contribution in [-0.4, -0.2) is 10.2 Å². The maximum absolute atomic E-state index is 10.1. The van der Waals surface area contributed by atoms with Crippen molar-refractivity contribution in [1.29, 1.82) is 0 Å². The van der Waals surface area contributed by atoms with E-state index in [4.69, 9.17) is 0 Å². The highest BCUT2D eigenvalue weighted by Crippen LogP contribution is 2.37. The number of phenolic OH excluding ortho intramolecular Hbond substituents is 2. The summed E-state index contributed by atoms with van der Waals surface area (Å²) in [5.41, 5.74) is 4.24. The quantitative estimate of drug-likeness (QED) is 0.781. The first-order chi connectivity index (χ1) is 8.00. The summed E-state index contributed by atoms with van der Waals surface area (Å²) in [6.45, 7) is 5.64. The van der Waals surface area contributed by atoms with E-state index in [-0.39, 0.29) is 11.5 Å². The summed E-state index contributed by atoms with van der Waals surface area (Å²) in [4.78, 5) is 0. The van der Waals surface area contributed by atoms with Crippen LogP contribution >= 0.6 is 0 Å². The summed E-state index contributed by atoms with van der Waals surface area (Å²) in [7, 11) is 0. The van der Waals surface area contributed by atoms with Gasteiger partial charge in [0.15, 0.2) is 0 Å². The van der Waals surface area contributed by atoms with E-state index in [1.165, 1.54) is 0 Å². The van der Waals surface area contributed by atoms with Crippen molar-refractivity contribution in [3.8, 4) is 22.6 Å². The molecule has 88 valence electrons. The molecule has 17 heavy (non-hydrogen) atoms. The fraction of sp³-hybridized carbons (Fsp3) is 0.200. The Morgan fingerprint density at radius 3 is 2.29 bits per heavy atom. The molecule has 2 heteroatoms. The van der Waals surface area contributed by atoms with Gasteiger partial charge >= 0.3 is 0 Å². The number of benzene rings is 2. The molecule has 0 heterocycles. The van der Waals surface area contributed by atoms with E-state index in [0.717, 1.165) is 27.8 Å². The Labute approximate surface area is 101 Å². The second-order valence-corrected chi connectivity index (χ2v) is 4.43. The van der Waals surface area contributed by atoms with Gasteiger partial charge in [0.2, 0.25) is 0 Å². The molecule has 0 radical (unpaired) electrons. The van der Waals surface area contributed by atoms with Crippen LogP contribution in [0.15, 0.2) is 30.3 Å². The Morgan fingerprint density at radius 2 is 1.59 bits per heavy atom. The topological polar surface area (TPSA) is 40.5 Å². The van der Waals surface area contributed by atoms with Gasteiger partial charge in [-0.15, -0.1) is 0 Å². The molecule has 0 saturated carbocycles. The Balaban J connectivity index is 2.73. The van der Waals surface area contributed by atoms with Crippen molar-refractivity contribution in [3.63, 3.8) is 0 Å². The number of hydrogen-bond donors (Lipinski definition) is 2. The SMILES string of the molecule is Cc1cc(O)c(C)c(-c2cccc(C)c2O)c1. The summed E-state index contributed by atoms with van der Waals surface area (Å²) in [6.07, 6.45) is 0. The van der Waals surface area contributed by atoms with Gasteiger partial charge in [0.25, 0.3) is 0 Å². The third-order valence-electron chi connectivity index (χ3n) is 3.05. The van der Waals surface area contributed by atoms with E-state index in [2.05, 4.69) is 0 Å². The fourth-order valence-corrected chi connectivity index (χ4v) is 2.00. The molecule has 2 rings (SSSR count). The van der Waals surface area contributed by atoms with E-state index in [9.17, 15) is 10.2 Å². The Kier molecular flexibility index (Phi) is 2.80. The van der Waals surface area contributed by atoms with Gasteiger partial charge < -0.3 is 10.2 Å². The second kappa shape index (κ2) is 4.13. The maximum atomic E-state index is 10.1. The van der Waals surface area contributed by atoms with Gasteiger partial charge in [-0.2, -0.15) is 0 Å². The highest BCUT2D eigenvalue weighted by atomic mass is 16.3. The molecule has 0 saturated heterocycles. The van der Waals surface area contributed by atoms with E-state index in [1.807, 2.05) is 45.0 Å². The monoisotopic (exact) mass is 228 g/mol. The minimum Gasteiger partial charge on any atom is -0.508 e. The lowest BCUT2D eigenvalue weighted by Gasteiger charge is -2.12. The van der Waals surface area contributed by atoms with E-state index in [0.29, 0.717) is 0 Å². The lowest BCUT2D eigenvalue weighted by atomic mass is 9.95. The van der Waals surface area contributed by atoms with Crippen LogP contribution in [0.25, 0.3) is 11.1 Å². The van der Waals surface area contributed by atoms with Crippen molar-refractivity contribution < 1.29 is 10.2 Å². The number of rotatable bonds is 1. The lowest BCUT2D eigenvalue weighted by Crippen LogP contribution is -1.88. The number of aromatic hydroxyl groups is 2. The number of para-hydroxylation sites is 1. The van der Waals surface area contributed by atoms with Crippen molar-refractivity contribution in [1.82, 2.24) is 0 Å². The number of hydrogen-bond acceptors (Lipinski definition) is 2. The molecule has 0 aliphatic rings. The molecule has 2 aromatic carbocycles. The van der Waals surface area contributed by atoms with Gasteiger partial charge in [-0.3, -0.25) is 0 Å². The third-order valence-corrected chi connectivity index (χ3v) is 3.05. The van der Waals surface area contributed by atoms with Crippen LogP contribution in [-0.2, 0) is 0 Å². The summed E-state index contributed by atoms with van der Waals surface area (Å²) in [5.74, 6) is 0.543. The largest absolute Gasteiger partial charge is 0.508 e. The maximum Gasteiger partial charge on any atom is 0.126 e. The molecule has 0 fully saturated rings. The zero-order valence-electron chi connectivity index (χ0n) is 10.3. The summed E-state index contributed by atoms with van der Waals surface area (Å²) in [5, 5.41) is 19.9. The van der Waals surface area contributed by atoms with Crippen molar-refractivity contribution in [2.75, 3.05) is 0 Å². The van der Waals surface area contributed by atoms with Crippen LogP contribution in [0.5, 0.6) is 11.5 Å². The minimum atomic E-state index is 0.265. The molecule has 2 aromatic rings. The Hall–Kier alpha value is -1.96. The van der Waals surface area contributed by atoms with Gasteiger partial charge in [-0.1, -0.05) is 24.3 Å². The smallest absolute Gasteiger partial charge is 0.126 e. The normalized spacial score (nSPS) is 10.5. The summed E-state index contributed by atoms with van der Waals surface area (Å²) >= 11 is 0. The molecular weight excluding hydrogens is 212 g/mol. The highest BCUT2D eigenvalue weighted by molar-refractivity contribution is 5.76. The first kappa shape index (κ1) is 11.5. The van der Waals surface area contributed by atoms with Crippen LogP contribution in [0, 0.1) is 20.8 Å². The van der Waals surface area contributed by atoms with E-state index < -0.39 is 0 Å². The lowest BCUT2D eigenvalue weighted by molar-refractivity contribution is 0.469. The average molecular weight is 228 g/mol. The molecular formula is C15H16O2. The predicted molar refractivity (Wildman–Crippen MR) is 69.4 cm³/mol. The molecule has 0 aliphatic heterocycles. The Morgan fingerprint density at radius 1 is 0.882 bits per heavy atom. The molecule has 2 N–H and O–H groups in total. The highest BCUT2D eigenvalue weighted by Gasteiger charge is 2.11. The molecule has 0 spiro atoms. The zero-order chi connectivity index (χ0) is 12.6. The van der Waals surface area contributed by atoms with Crippen LogP contribution in [0.1, 0.15) is 16.7 Å². The average Bonchev–Trinajstić information content (AvgIpc) is 2.27. The van der Waals surface area contributed by atoms with Crippen LogP contribution in [0.2, 0.25) is 0 Å². The van der Waals surface area contributed by atoms with Gasteiger partial charge in [0.1, 0.15) is 11.5 Å². The number of phenols is 2. The summed E-state index contributed by atoms with van der Waals surface area (Å²) in [6, 6.07) is 9.34. The minimum absolute atomic E-state index is 0.265. The van der Waals surface area contributed by atoms with Crippen molar-refractivity contribution in [2.24, 2.45) is 0 Å². The molecule has 0 aliphatic carbocycles. The standard InChI is InChI=1S/C15H16O2/c1-9-7-13(11(3)14(16)8-9)12-6-4-5-10(2)15(12)17/h4-8,16-17H,1-3H3. The second-order valence-electron chi connectivity index (χ2n) is 4.43. The van der Waals surface area contributed by atoms with E-state index >= 15 is 0 Å². The molecule has 0 unspecified atom stereocenters. The van der Waals surface area contributed by atoms with Crippen LogP contribution in [0.3, 0.4) is 0 Å². The van der Waals surface area contributed by atoms with Crippen molar-refractivity contribution in [2.45, 2.75) is 20.8 Å². The van der Waals surface area contributed by atoms with Crippen LogP contribution in [0.4, 0.5) is 0 Å². The van der Waals surface area contributed by atoms with Gasteiger partial charge in [0, 0.05) is 5.56 Å². The fourth-order valence-electron chi connectivity index (χ4n) is 2.00.